The van der Waals surface area contributed by atoms with Crippen LogP contribution in [-0.4, -0.2) is 24.6 Å². The number of thioether (sulfide) groups is 1. The Bertz CT molecular complexity index is 149. The number of rotatable bonds is 6. The molecular formula is C9H16N2S. The third-order valence-electron chi connectivity index (χ3n) is 2.05. The number of nitrogens with zero attached hydrogens (tertiary/aromatic N) is 1. The van der Waals surface area contributed by atoms with E-state index in [0.29, 0.717) is 0 Å². The quantitative estimate of drug-likeness (QED) is 0.637. The molecule has 1 aliphatic rings. The van der Waals surface area contributed by atoms with E-state index in [2.05, 4.69) is 11.4 Å². The number of nitriles is 1. The molecule has 1 aliphatic heterocycles. The Balaban J connectivity index is 1.74. The lowest BCUT2D eigenvalue weighted by atomic mass is 10.1. The zero-order valence-corrected chi connectivity index (χ0v) is 8.20. The average Bonchev–Trinajstić information content (AvgIpc) is 2.00. The molecule has 0 bridgehead atoms. The summed E-state index contributed by atoms with van der Waals surface area (Å²) < 4.78 is 0. The van der Waals surface area contributed by atoms with E-state index in [9.17, 15) is 0 Å². The highest BCUT2D eigenvalue weighted by Gasteiger charge is 2.15. The van der Waals surface area contributed by atoms with Crippen LogP contribution in [0.25, 0.3) is 0 Å². The molecule has 1 rings (SSSR count). The maximum atomic E-state index is 8.29. The van der Waals surface area contributed by atoms with Gasteiger partial charge in [0.15, 0.2) is 0 Å². The van der Waals surface area contributed by atoms with E-state index in [4.69, 9.17) is 5.26 Å². The van der Waals surface area contributed by atoms with Crippen molar-refractivity contribution in [1.29, 1.82) is 5.26 Å². The van der Waals surface area contributed by atoms with Crippen molar-refractivity contribution in [1.82, 2.24) is 5.32 Å². The first-order valence-corrected chi connectivity index (χ1v) is 5.74. The smallest absolute Gasteiger partial charge is 0.0621 e. The molecule has 1 fully saturated rings. The van der Waals surface area contributed by atoms with E-state index in [1.54, 1.807) is 0 Å². The standard InChI is InChI=1S/C9H16N2S/c10-4-2-1-3-5-12-8-9-6-11-7-9/h9,11H,1-3,5-8H2. The first-order chi connectivity index (χ1) is 5.93. The van der Waals surface area contributed by atoms with Crippen LogP contribution in [0.2, 0.25) is 0 Å². The largest absolute Gasteiger partial charge is 0.316 e. The van der Waals surface area contributed by atoms with Crippen LogP contribution in [0.1, 0.15) is 19.3 Å². The summed E-state index contributed by atoms with van der Waals surface area (Å²) in [6.07, 6.45) is 3.01. The molecule has 1 N–H and O–H groups in total. The summed E-state index contributed by atoms with van der Waals surface area (Å²) in [5.41, 5.74) is 0. The minimum Gasteiger partial charge on any atom is -0.316 e. The molecule has 0 aromatic carbocycles. The topological polar surface area (TPSA) is 35.8 Å². The molecule has 0 aliphatic carbocycles. The van der Waals surface area contributed by atoms with Gasteiger partial charge in [-0.15, -0.1) is 0 Å². The van der Waals surface area contributed by atoms with E-state index in [-0.39, 0.29) is 0 Å². The van der Waals surface area contributed by atoms with Crippen molar-refractivity contribution in [3.8, 4) is 6.07 Å². The fraction of sp³-hybridized carbons (Fsp3) is 0.889. The molecular weight excluding hydrogens is 168 g/mol. The Labute approximate surface area is 78.7 Å². The molecule has 12 heavy (non-hydrogen) atoms. The Kier molecular flexibility index (Phi) is 5.21. The summed E-state index contributed by atoms with van der Waals surface area (Å²) in [5.74, 6) is 3.46. The Morgan fingerprint density at radius 2 is 2.25 bits per heavy atom. The van der Waals surface area contributed by atoms with Gasteiger partial charge in [0.2, 0.25) is 0 Å². The Morgan fingerprint density at radius 3 is 2.83 bits per heavy atom. The SMILES string of the molecule is N#CCCCCSCC1CNC1. The zero-order valence-electron chi connectivity index (χ0n) is 7.38. The van der Waals surface area contributed by atoms with Crippen LogP contribution in [0.4, 0.5) is 0 Å². The molecule has 0 unspecified atom stereocenters. The molecule has 1 heterocycles. The van der Waals surface area contributed by atoms with Crippen molar-refractivity contribution < 1.29 is 0 Å². The second-order valence-corrected chi connectivity index (χ2v) is 4.36. The number of hydrogen-bond donors (Lipinski definition) is 1. The second-order valence-electron chi connectivity index (χ2n) is 3.21. The summed E-state index contributed by atoms with van der Waals surface area (Å²) in [4.78, 5) is 0. The van der Waals surface area contributed by atoms with Gasteiger partial charge >= 0.3 is 0 Å². The molecule has 68 valence electrons. The van der Waals surface area contributed by atoms with Crippen LogP contribution in [-0.2, 0) is 0 Å². The third-order valence-corrected chi connectivity index (χ3v) is 3.33. The van der Waals surface area contributed by atoms with Crippen LogP contribution in [0, 0.1) is 17.2 Å². The number of unbranched alkanes of at least 4 members (excludes halogenated alkanes) is 2. The van der Waals surface area contributed by atoms with Gasteiger partial charge < -0.3 is 5.32 Å². The number of nitrogens with one attached hydrogen (secondary N) is 1. The Hall–Kier alpha value is -0.200. The lowest BCUT2D eigenvalue weighted by Crippen LogP contribution is -2.43. The first-order valence-electron chi connectivity index (χ1n) is 4.59. The monoisotopic (exact) mass is 184 g/mol. The van der Waals surface area contributed by atoms with Crippen LogP contribution >= 0.6 is 11.8 Å². The molecule has 0 aromatic rings. The van der Waals surface area contributed by atoms with Gasteiger partial charge in [-0.25, -0.2) is 0 Å². The van der Waals surface area contributed by atoms with Crippen molar-refractivity contribution in [3.63, 3.8) is 0 Å². The lowest BCUT2D eigenvalue weighted by Gasteiger charge is -2.26. The Morgan fingerprint density at radius 1 is 1.42 bits per heavy atom. The predicted molar refractivity (Wildman–Crippen MR) is 53.1 cm³/mol. The normalized spacial score (nSPS) is 16.9. The fourth-order valence-corrected chi connectivity index (χ4v) is 2.27. The molecule has 0 amide bonds. The van der Waals surface area contributed by atoms with Crippen molar-refractivity contribution in [2.45, 2.75) is 19.3 Å². The summed E-state index contributed by atoms with van der Waals surface area (Å²) >= 11 is 2.04. The van der Waals surface area contributed by atoms with Gasteiger partial charge in [-0.05, 0) is 43.4 Å². The van der Waals surface area contributed by atoms with Gasteiger partial charge in [0, 0.05) is 6.42 Å². The minimum absolute atomic E-state index is 0.728. The van der Waals surface area contributed by atoms with E-state index >= 15 is 0 Å². The van der Waals surface area contributed by atoms with Gasteiger partial charge in [-0.3, -0.25) is 0 Å². The fourth-order valence-electron chi connectivity index (χ4n) is 1.12. The van der Waals surface area contributed by atoms with Crippen LogP contribution in [0.15, 0.2) is 0 Å². The molecule has 1 saturated heterocycles. The molecule has 0 radical (unpaired) electrons. The highest BCUT2D eigenvalue weighted by Crippen LogP contribution is 2.13. The van der Waals surface area contributed by atoms with Crippen LogP contribution < -0.4 is 5.32 Å². The first kappa shape index (κ1) is 9.88. The molecule has 0 saturated carbocycles. The third kappa shape index (κ3) is 3.99. The highest BCUT2D eigenvalue weighted by atomic mass is 32.2. The van der Waals surface area contributed by atoms with E-state index < -0.39 is 0 Å². The number of hydrogen-bond acceptors (Lipinski definition) is 3. The van der Waals surface area contributed by atoms with Gasteiger partial charge in [0.1, 0.15) is 0 Å². The molecule has 0 aromatic heterocycles. The van der Waals surface area contributed by atoms with Gasteiger partial charge in [0.05, 0.1) is 6.07 Å². The van der Waals surface area contributed by atoms with Gasteiger partial charge in [-0.2, -0.15) is 17.0 Å². The van der Waals surface area contributed by atoms with Gasteiger partial charge in [-0.1, -0.05) is 0 Å². The van der Waals surface area contributed by atoms with Gasteiger partial charge in [0.25, 0.3) is 0 Å². The summed E-state index contributed by atoms with van der Waals surface area (Å²) in [7, 11) is 0. The molecule has 0 atom stereocenters. The highest BCUT2D eigenvalue weighted by molar-refractivity contribution is 7.99. The van der Waals surface area contributed by atoms with E-state index in [1.165, 1.54) is 31.0 Å². The molecule has 0 spiro atoms. The predicted octanol–water partition coefficient (Wildman–Crippen LogP) is 1.63. The summed E-state index contributed by atoms with van der Waals surface area (Å²) in [6.45, 7) is 2.43. The summed E-state index contributed by atoms with van der Waals surface area (Å²) in [6, 6.07) is 2.17. The summed E-state index contributed by atoms with van der Waals surface area (Å²) in [5, 5.41) is 11.6. The second kappa shape index (κ2) is 6.33. The van der Waals surface area contributed by atoms with Crippen LogP contribution in [0.3, 0.4) is 0 Å². The maximum absolute atomic E-state index is 8.29. The van der Waals surface area contributed by atoms with Crippen LogP contribution in [0.5, 0.6) is 0 Å². The zero-order chi connectivity index (χ0) is 8.65. The van der Waals surface area contributed by atoms with E-state index in [1.807, 2.05) is 11.8 Å². The van der Waals surface area contributed by atoms with Crippen molar-refractivity contribution in [2.24, 2.45) is 5.92 Å². The lowest BCUT2D eigenvalue weighted by molar-refractivity contribution is 0.385. The minimum atomic E-state index is 0.728. The van der Waals surface area contributed by atoms with Crippen molar-refractivity contribution in [2.75, 3.05) is 24.6 Å². The maximum Gasteiger partial charge on any atom is 0.0621 e. The molecule has 3 heteroatoms. The molecule has 2 nitrogen and oxygen atoms in total. The van der Waals surface area contributed by atoms with E-state index in [0.717, 1.165) is 18.8 Å². The average molecular weight is 184 g/mol. The van der Waals surface area contributed by atoms with Crippen molar-refractivity contribution >= 4 is 11.8 Å². The van der Waals surface area contributed by atoms with Crippen molar-refractivity contribution in [3.05, 3.63) is 0 Å².